The summed E-state index contributed by atoms with van der Waals surface area (Å²) in [6.45, 7) is 1.67. The fraction of sp³-hybridized carbons (Fsp3) is 0.200. The first-order valence-electron chi connectivity index (χ1n) is 6.36. The van der Waals surface area contributed by atoms with E-state index in [1.807, 2.05) is 6.92 Å². The molecule has 0 atom stereocenters. The topological polar surface area (TPSA) is 64.6 Å². The van der Waals surface area contributed by atoms with Gasteiger partial charge in [0.05, 0.1) is 12.8 Å². The van der Waals surface area contributed by atoms with Crippen LogP contribution in [-0.4, -0.2) is 25.6 Å². The number of esters is 1. The van der Waals surface area contributed by atoms with Gasteiger partial charge < -0.3 is 14.8 Å². The highest BCUT2D eigenvalue weighted by molar-refractivity contribution is 7.12. The Labute approximate surface area is 136 Å². The van der Waals surface area contributed by atoms with Crippen molar-refractivity contribution >= 4 is 40.5 Å². The average Bonchev–Trinajstić information content (AvgIpc) is 2.93. The Morgan fingerprint density at radius 1 is 1.32 bits per heavy atom. The molecule has 1 amide bonds. The number of nitrogens with one attached hydrogen (secondary N) is 1. The standard InChI is InChI=1S/C15H14ClNO4S/c1-9-7-10(16)3-4-12(9)21-8-13(18)17-11-5-6-22-14(11)15(19)20-2/h3-7H,8H2,1-2H3,(H,17,18). The molecule has 0 aliphatic rings. The highest BCUT2D eigenvalue weighted by Gasteiger charge is 2.15. The van der Waals surface area contributed by atoms with Crippen molar-refractivity contribution in [2.75, 3.05) is 19.0 Å². The van der Waals surface area contributed by atoms with E-state index in [0.717, 1.165) is 5.56 Å². The summed E-state index contributed by atoms with van der Waals surface area (Å²) in [6.07, 6.45) is 0. The molecule has 116 valence electrons. The number of amides is 1. The molecule has 0 fully saturated rings. The molecule has 0 saturated heterocycles. The number of aryl methyl sites for hydroxylation is 1. The molecule has 1 aromatic heterocycles. The number of methoxy groups -OCH3 is 1. The molecule has 1 heterocycles. The molecule has 0 aliphatic carbocycles. The normalized spacial score (nSPS) is 10.1. The third-order valence-electron chi connectivity index (χ3n) is 2.81. The Balaban J connectivity index is 1.96. The molecule has 1 N–H and O–H groups in total. The number of anilines is 1. The summed E-state index contributed by atoms with van der Waals surface area (Å²) in [4.78, 5) is 23.8. The number of rotatable bonds is 5. The predicted molar refractivity (Wildman–Crippen MR) is 86.0 cm³/mol. The van der Waals surface area contributed by atoms with E-state index >= 15 is 0 Å². The molecule has 0 radical (unpaired) electrons. The molecular weight excluding hydrogens is 326 g/mol. The first-order chi connectivity index (χ1) is 10.5. The lowest BCUT2D eigenvalue weighted by Crippen LogP contribution is -2.21. The number of ether oxygens (including phenoxy) is 2. The van der Waals surface area contributed by atoms with Gasteiger partial charge in [0.15, 0.2) is 6.61 Å². The molecule has 7 heteroatoms. The summed E-state index contributed by atoms with van der Waals surface area (Å²) in [7, 11) is 1.29. The molecule has 0 saturated carbocycles. The number of hydrogen-bond donors (Lipinski definition) is 1. The zero-order valence-corrected chi connectivity index (χ0v) is 13.6. The van der Waals surface area contributed by atoms with Gasteiger partial charge >= 0.3 is 5.97 Å². The number of halogens is 1. The maximum absolute atomic E-state index is 11.9. The second-order valence-electron chi connectivity index (χ2n) is 4.40. The fourth-order valence-corrected chi connectivity index (χ4v) is 2.76. The lowest BCUT2D eigenvalue weighted by atomic mass is 10.2. The van der Waals surface area contributed by atoms with Crippen molar-refractivity contribution in [2.45, 2.75) is 6.92 Å². The zero-order valence-electron chi connectivity index (χ0n) is 12.0. The summed E-state index contributed by atoms with van der Waals surface area (Å²) in [6, 6.07) is 6.79. The van der Waals surface area contributed by atoms with Crippen LogP contribution in [-0.2, 0) is 9.53 Å². The maximum atomic E-state index is 11.9. The maximum Gasteiger partial charge on any atom is 0.350 e. The molecule has 0 spiro atoms. The summed E-state index contributed by atoms with van der Waals surface area (Å²) in [5.41, 5.74) is 1.25. The second kappa shape index (κ2) is 7.29. The highest BCUT2D eigenvalue weighted by atomic mass is 35.5. The SMILES string of the molecule is COC(=O)c1sccc1NC(=O)COc1ccc(Cl)cc1C. The molecule has 22 heavy (non-hydrogen) atoms. The molecular formula is C15H14ClNO4S. The van der Waals surface area contributed by atoms with Crippen LogP contribution in [0.5, 0.6) is 5.75 Å². The molecule has 0 unspecified atom stereocenters. The lowest BCUT2D eigenvalue weighted by Gasteiger charge is -2.10. The third kappa shape index (κ3) is 3.99. The van der Waals surface area contributed by atoms with Crippen molar-refractivity contribution in [2.24, 2.45) is 0 Å². The minimum absolute atomic E-state index is 0.168. The van der Waals surface area contributed by atoms with E-state index in [9.17, 15) is 9.59 Å². The van der Waals surface area contributed by atoms with Gasteiger partial charge in [-0.1, -0.05) is 11.6 Å². The van der Waals surface area contributed by atoms with Crippen LogP contribution in [0.3, 0.4) is 0 Å². The van der Waals surface area contributed by atoms with Crippen molar-refractivity contribution in [3.63, 3.8) is 0 Å². The Morgan fingerprint density at radius 3 is 2.77 bits per heavy atom. The minimum atomic E-state index is -0.486. The number of benzene rings is 1. The van der Waals surface area contributed by atoms with Crippen LogP contribution < -0.4 is 10.1 Å². The predicted octanol–water partition coefficient (Wildman–Crippen LogP) is 3.51. The van der Waals surface area contributed by atoms with Crippen molar-refractivity contribution < 1.29 is 19.1 Å². The highest BCUT2D eigenvalue weighted by Crippen LogP contribution is 2.24. The fourth-order valence-electron chi connectivity index (χ4n) is 1.76. The first kappa shape index (κ1) is 16.3. The van der Waals surface area contributed by atoms with Crippen molar-refractivity contribution in [1.29, 1.82) is 0 Å². The van der Waals surface area contributed by atoms with Gasteiger partial charge in [-0.25, -0.2) is 4.79 Å². The Hall–Kier alpha value is -2.05. The summed E-state index contributed by atoms with van der Waals surface area (Å²) >= 11 is 7.06. The molecule has 2 rings (SSSR count). The van der Waals surface area contributed by atoms with E-state index in [-0.39, 0.29) is 12.5 Å². The quantitative estimate of drug-likeness (QED) is 0.846. The van der Waals surface area contributed by atoms with Crippen LogP contribution in [0.1, 0.15) is 15.2 Å². The van der Waals surface area contributed by atoms with Crippen LogP contribution in [0, 0.1) is 6.92 Å². The summed E-state index contributed by atoms with van der Waals surface area (Å²) < 4.78 is 10.1. The van der Waals surface area contributed by atoms with Gasteiger partial charge in [-0.05, 0) is 42.1 Å². The van der Waals surface area contributed by atoms with Crippen LogP contribution in [0.2, 0.25) is 5.02 Å². The molecule has 0 aliphatic heterocycles. The van der Waals surface area contributed by atoms with E-state index in [1.165, 1.54) is 18.4 Å². The first-order valence-corrected chi connectivity index (χ1v) is 7.61. The van der Waals surface area contributed by atoms with Gasteiger partial charge in [0.25, 0.3) is 5.91 Å². The van der Waals surface area contributed by atoms with Crippen molar-refractivity contribution in [3.8, 4) is 5.75 Å². The number of carbonyl (C=O) groups excluding carboxylic acids is 2. The van der Waals surface area contributed by atoms with Crippen molar-refractivity contribution in [1.82, 2.24) is 0 Å². The van der Waals surface area contributed by atoms with Gasteiger partial charge in [-0.2, -0.15) is 0 Å². The van der Waals surface area contributed by atoms with E-state index in [0.29, 0.717) is 21.3 Å². The Morgan fingerprint density at radius 2 is 2.09 bits per heavy atom. The summed E-state index contributed by atoms with van der Waals surface area (Å²) in [5.74, 6) is -0.268. The van der Waals surface area contributed by atoms with Crippen LogP contribution in [0.4, 0.5) is 5.69 Å². The average molecular weight is 340 g/mol. The second-order valence-corrected chi connectivity index (χ2v) is 5.75. The number of hydrogen-bond acceptors (Lipinski definition) is 5. The van der Waals surface area contributed by atoms with Gasteiger partial charge in [-0.3, -0.25) is 4.79 Å². The van der Waals surface area contributed by atoms with Gasteiger partial charge in [0, 0.05) is 5.02 Å². The molecule has 1 aromatic carbocycles. The lowest BCUT2D eigenvalue weighted by molar-refractivity contribution is -0.118. The number of thiophene rings is 1. The zero-order chi connectivity index (χ0) is 16.1. The minimum Gasteiger partial charge on any atom is -0.483 e. The van der Waals surface area contributed by atoms with Gasteiger partial charge in [0.2, 0.25) is 0 Å². The van der Waals surface area contributed by atoms with Crippen LogP contribution in [0.15, 0.2) is 29.6 Å². The van der Waals surface area contributed by atoms with E-state index in [4.69, 9.17) is 16.3 Å². The smallest absolute Gasteiger partial charge is 0.350 e. The number of carbonyl (C=O) groups is 2. The van der Waals surface area contributed by atoms with Crippen molar-refractivity contribution in [3.05, 3.63) is 45.1 Å². The van der Waals surface area contributed by atoms with Crippen LogP contribution in [0.25, 0.3) is 0 Å². The largest absolute Gasteiger partial charge is 0.483 e. The third-order valence-corrected chi connectivity index (χ3v) is 3.94. The van der Waals surface area contributed by atoms with Gasteiger partial charge in [-0.15, -0.1) is 11.3 Å². The summed E-state index contributed by atoms with van der Waals surface area (Å²) in [5, 5.41) is 4.93. The molecule has 5 nitrogen and oxygen atoms in total. The molecule has 2 aromatic rings. The monoisotopic (exact) mass is 339 g/mol. The van der Waals surface area contributed by atoms with Crippen LogP contribution >= 0.6 is 22.9 Å². The van der Waals surface area contributed by atoms with Gasteiger partial charge in [0.1, 0.15) is 10.6 Å². The Bertz CT molecular complexity index is 699. The molecule has 0 bridgehead atoms. The van der Waals surface area contributed by atoms with E-state index < -0.39 is 5.97 Å². The van der Waals surface area contributed by atoms with E-state index in [1.54, 1.807) is 29.6 Å². The Kier molecular flexibility index (Phi) is 5.41. The van der Waals surface area contributed by atoms with E-state index in [2.05, 4.69) is 10.1 Å².